The van der Waals surface area contributed by atoms with E-state index in [0.717, 1.165) is 6.42 Å². The quantitative estimate of drug-likeness (QED) is 0.267. The van der Waals surface area contributed by atoms with Crippen molar-refractivity contribution in [3.05, 3.63) is 76.3 Å². The molecule has 0 bridgehead atoms. The number of hydrogen-bond acceptors (Lipinski definition) is 5. The van der Waals surface area contributed by atoms with Crippen molar-refractivity contribution in [3.8, 4) is 17.2 Å². The average Bonchev–Trinajstić information content (AvgIpc) is 3.24. The molecule has 1 atom stereocenters. The molecular formula is C25H21Cl2N3O3S. The molecule has 0 fully saturated rings. The van der Waals surface area contributed by atoms with Gasteiger partial charge >= 0.3 is 0 Å². The molecule has 0 saturated carbocycles. The fourth-order valence-corrected chi connectivity index (χ4v) is 3.72. The van der Waals surface area contributed by atoms with Crippen LogP contribution in [0.25, 0.3) is 22.6 Å². The van der Waals surface area contributed by atoms with Crippen LogP contribution in [-0.4, -0.2) is 22.1 Å². The number of aromatic nitrogens is 1. The Bertz CT molecular complexity index is 1360. The van der Waals surface area contributed by atoms with Crippen LogP contribution in [0.1, 0.15) is 30.6 Å². The first-order chi connectivity index (χ1) is 16.3. The molecule has 1 unspecified atom stereocenters. The molecule has 4 rings (SSSR count). The monoisotopic (exact) mass is 513 g/mol. The minimum Gasteiger partial charge on any atom is -0.491 e. The highest BCUT2D eigenvalue weighted by atomic mass is 35.5. The van der Waals surface area contributed by atoms with Crippen LogP contribution < -0.4 is 15.4 Å². The number of halogens is 2. The zero-order valence-electron chi connectivity index (χ0n) is 18.4. The van der Waals surface area contributed by atoms with Crippen molar-refractivity contribution in [2.45, 2.75) is 26.4 Å². The van der Waals surface area contributed by atoms with Gasteiger partial charge < -0.3 is 14.5 Å². The zero-order valence-corrected chi connectivity index (χ0v) is 20.7. The van der Waals surface area contributed by atoms with Crippen LogP contribution in [0.4, 0.5) is 5.69 Å². The summed E-state index contributed by atoms with van der Waals surface area (Å²) in [5, 5.41) is 6.62. The van der Waals surface area contributed by atoms with Gasteiger partial charge in [0.05, 0.1) is 21.7 Å². The molecular weight excluding hydrogens is 493 g/mol. The number of carbonyl (C=O) groups is 1. The van der Waals surface area contributed by atoms with Crippen LogP contribution in [0.5, 0.6) is 5.75 Å². The van der Waals surface area contributed by atoms with E-state index in [-0.39, 0.29) is 17.1 Å². The Hall–Kier alpha value is -3.13. The Kier molecular flexibility index (Phi) is 7.36. The van der Waals surface area contributed by atoms with Crippen molar-refractivity contribution in [2.75, 3.05) is 5.32 Å². The molecule has 0 spiro atoms. The number of nitrogens with one attached hydrogen (secondary N) is 2. The number of benzene rings is 3. The molecule has 9 heteroatoms. The number of carbonyl (C=O) groups excluding carboxylic acids is 1. The van der Waals surface area contributed by atoms with E-state index in [0.29, 0.717) is 49.6 Å². The third kappa shape index (κ3) is 5.50. The maximum absolute atomic E-state index is 12.5. The molecule has 1 aromatic heterocycles. The van der Waals surface area contributed by atoms with E-state index in [1.165, 1.54) is 0 Å². The number of nitrogens with zero attached hydrogens (tertiary/aromatic N) is 1. The Labute approximate surface area is 212 Å². The fourth-order valence-electron chi connectivity index (χ4n) is 3.13. The van der Waals surface area contributed by atoms with Crippen LogP contribution in [0.3, 0.4) is 0 Å². The van der Waals surface area contributed by atoms with Gasteiger partial charge in [-0.1, -0.05) is 36.2 Å². The largest absolute Gasteiger partial charge is 0.491 e. The van der Waals surface area contributed by atoms with Crippen molar-refractivity contribution in [1.29, 1.82) is 0 Å². The van der Waals surface area contributed by atoms with Gasteiger partial charge in [-0.05, 0) is 80.2 Å². The number of rotatable bonds is 6. The van der Waals surface area contributed by atoms with Crippen molar-refractivity contribution in [1.82, 2.24) is 10.3 Å². The molecule has 1 heterocycles. The molecule has 2 N–H and O–H groups in total. The second kappa shape index (κ2) is 10.4. The van der Waals surface area contributed by atoms with Gasteiger partial charge in [-0.25, -0.2) is 4.98 Å². The summed E-state index contributed by atoms with van der Waals surface area (Å²) in [4.78, 5) is 17.0. The van der Waals surface area contributed by atoms with Crippen molar-refractivity contribution in [2.24, 2.45) is 0 Å². The minimum atomic E-state index is -0.326. The van der Waals surface area contributed by atoms with Crippen LogP contribution in [0, 0.1) is 0 Å². The summed E-state index contributed by atoms with van der Waals surface area (Å²) in [6, 6.07) is 17.5. The Morgan fingerprint density at radius 2 is 1.91 bits per heavy atom. The van der Waals surface area contributed by atoms with Crippen molar-refractivity contribution in [3.63, 3.8) is 0 Å². The molecule has 0 radical (unpaired) electrons. The second-order valence-electron chi connectivity index (χ2n) is 7.57. The van der Waals surface area contributed by atoms with Gasteiger partial charge in [0.25, 0.3) is 5.91 Å². The molecule has 3 aromatic carbocycles. The maximum atomic E-state index is 12.5. The van der Waals surface area contributed by atoms with Gasteiger partial charge in [-0.2, -0.15) is 0 Å². The first kappa shape index (κ1) is 24.0. The summed E-state index contributed by atoms with van der Waals surface area (Å²) in [5.74, 6) is 0.746. The molecule has 174 valence electrons. The summed E-state index contributed by atoms with van der Waals surface area (Å²) in [5.41, 5.74) is 2.89. The van der Waals surface area contributed by atoms with E-state index in [1.807, 2.05) is 6.92 Å². The van der Waals surface area contributed by atoms with E-state index in [4.69, 9.17) is 44.6 Å². The lowest BCUT2D eigenvalue weighted by atomic mass is 10.2. The normalized spacial score (nSPS) is 11.8. The summed E-state index contributed by atoms with van der Waals surface area (Å²) in [6.07, 6.45) is 1.01. The van der Waals surface area contributed by atoms with Crippen LogP contribution in [0.2, 0.25) is 10.0 Å². The first-order valence-corrected chi connectivity index (χ1v) is 11.7. The topological polar surface area (TPSA) is 76.4 Å². The number of amides is 1. The Morgan fingerprint density at radius 1 is 1.15 bits per heavy atom. The van der Waals surface area contributed by atoms with Crippen LogP contribution >= 0.6 is 35.4 Å². The number of thiocarbonyl (C=S) groups is 1. The highest BCUT2D eigenvalue weighted by molar-refractivity contribution is 7.80. The molecule has 0 saturated heterocycles. The van der Waals surface area contributed by atoms with Crippen LogP contribution in [-0.2, 0) is 0 Å². The highest BCUT2D eigenvalue weighted by Crippen LogP contribution is 2.34. The molecule has 0 aliphatic rings. The predicted molar refractivity (Wildman–Crippen MR) is 140 cm³/mol. The molecule has 4 aromatic rings. The molecule has 0 aliphatic carbocycles. The number of ether oxygens (including phenoxy) is 1. The standard InChI is InChI=1S/C25H21Cl2N3O3S/c1-3-14(2)32-17-10-7-15(8-11-17)23(31)30-25(34)28-16-9-12-21-20(13-16)29-24(33-21)18-5-4-6-19(26)22(18)27/h4-14H,3H2,1-2H3,(H2,28,30,31,34). The summed E-state index contributed by atoms with van der Waals surface area (Å²) < 4.78 is 11.6. The van der Waals surface area contributed by atoms with Gasteiger partial charge in [0, 0.05) is 11.3 Å². The third-order valence-electron chi connectivity index (χ3n) is 5.08. The Morgan fingerprint density at radius 3 is 2.65 bits per heavy atom. The van der Waals surface area contributed by atoms with Gasteiger partial charge in [0.2, 0.25) is 5.89 Å². The maximum Gasteiger partial charge on any atom is 0.257 e. The number of oxazole rings is 1. The van der Waals surface area contributed by atoms with Crippen LogP contribution in [0.15, 0.2) is 65.1 Å². The minimum absolute atomic E-state index is 0.108. The predicted octanol–water partition coefficient (Wildman–Crippen LogP) is 7.11. The first-order valence-electron chi connectivity index (χ1n) is 10.6. The fraction of sp³-hybridized carbons (Fsp3) is 0.160. The molecule has 1 amide bonds. The molecule has 6 nitrogen and oxygen atoms in total. The van der Waals surface area contributed by atoms with E-state index >= 15 is 0 Å². The van der Waals surface area contributed by atoms with E-state index in [2.05, 4.69) is 22.5 Å². The number of anilines is 1. The average molecular weight is 514 g/mol. The van der Waals surface area contributed by atoms with Crippen molar-refractivity contribution < 1.29 is 13.9 Å². The Balaban J connectivity index is 1.42. The SMILES string of the molecule is CCC(C)Oc1ccc(C(=O)NC(=S)Nc2ccc3oc(-c4cccc(Cl)c4Cl)nc3c2)cc1. The highest BCUT2D eigenvalue weighted by Gasteiger charge is 2.15. The van der Waals surface area contributed by atoms with Gasteiger partial charge in [-0.15, -0.1) is 0 Å². The van der Waals surface area contributed by atoms with Gasteiger partial charge in [0.15, 0.2) is 10.7 Å². The zero-order chi connectivity index (χ0) is 24.2. The molecule has 34 heavy (non-hydrogen) atoms. The van der Waals surface area contributed by atoms with E-state index < -0.39 is 0 Å². The third-order valence-corrected chi connectivity index (χ3v) is 6.11. The lowest BCUT2D eigenvalue weighted by Gasteiger charge is -2.13. The number of fused-ring (bicyclic) bond motifs is 1. The van der Waals surface area contributed by atoms with E-state index in [1.54, 1.807) is 60.7 Å². The smallest absolute Gasteiger partial charge is 0.257 e. The van der Waals surface area contributed by atoms with Gasteiger partial charge in [0.1, 0.15) is 11.3 Å². The second-order valence-corrected chi connectivity index (χ2v) is 8.77. The lowest BCUT2D eigenvalue weighted by Crippen LogP contribution is -2.34. The van der Waals surface area contributed by atoms with E-state index in [9.17, 15) is 4.79 Å². The van der Waals surface area contributed by atoms with Gasteiger partial charge in [-0.3, -0.25) is 10.1 Å². The summed E-state index contributed by atoms with van der Waals surface area (Å²) in [7, 11) is 0. The number of hydrogen-bond donors (Lipinski definition) is 2. The lowest BCUT2D eigenvalue weighted by molar-refractivity contribution is 0.0977. The summed E-state index contributed by atoms with van der Waals surface area (Å²) >= 11 is 17.7. The van der Waals surface area contributed by atoms with Crippen molar-refractivity contribution >= 4 is 63.2 Å². The summed E-state index contributed by atoms with van der Waals surface area (Å²) in [6.45, 7) is 4.04. The molecule has 0 aliphatic heterocycles.